The van der Waals surface area contributed by atoms with E-state index in [2.05, 4.69) is 9.71 Å². The summed E-state index contributed by atoms with van der Waals surface area (Å²) in [6.45, 7) is 5.63. The Balaban J connectivity index is 1.85. The number of benzene rings is 3. The SMILES string of the molecule is Cc1ccc(S(=O)(=O)N=C(Nc2cc3sc(=O)oc3c(C)c2C)c2ccccc2)cc1. The lowest BCUT2D eigenvalue weighted by molar-refractivity contribution is 0.583. The van der Waals surface area contributed by atoms with E-state index in [1.807, 2.05) is 39.0 Å². The van der Waals surface area contributed by atoms with Gasteiger partial charge in [-0.05, 0) is 50.1 Å². The summed E-state index contributed by atoms with van der Waals surface area (Å²) in [5, 5.41) is 3.18. The van der Waals surface area contributed by atoms with Crippen LogP contribution in [0.5, 0.6) is 0 Å². The summed E-state index contributed by atoms with van der Waals surface area (Å²) in [5.41, 5.74) is 4.43. The molecule has 8 heteroatoms. The number of hydrogen-bond acceptors (Lipinski definition) is 5. The molecule has 4 rings (SSSR count). The van der Waals surface area contributed by atoms with Crippen molar-refractivity contribution in [2.75, 3.05) is 5.32 Å². The van der Waals surface area contributed by atoms with Crippen molar-refractivity contribution in [2.45, 2.75) is 25.7 Å². The number of aryl methyl sites for hydroxylation is 2. The Morgan fingerprint density at radius 1 is 0.968 bits per heavy atom. The molecule has 1 N–H and O–H groups in total. The molecule has 158 valence electrons. The predicted octanol–water partition coefficient (Wildman–Crippen LogP) is 5.03. The standard InChI is InChI=1S/C23H20N2O4S2/c1-14-9-11-18(12-10-14)31(27,28)25-22(17-7-5-4-6-8-17)24-19-13-20-21(16(3)15(19)2)29-23(26)30-20/h4-13H,1-3H3,(H,24,25). The minimum absolute atomic E-state index is 0.115. The van der Waals surface area contributed by atoms with Gasteiger partial charge in [-0.3, -0.25) is 0 Å². The lowest BCUT2D eigenvalue weighted by Crippen LogP contribution is -2.17. The number of rotatable bonds is 4. The van der Waals surface area contributed by atoms with Crippen molar-refractivity contribution >= 4 is 43.2 Å². The first kappa shape index (κ1) is 21.0. The van der Waals surface area contributed by atoms with Gasteiger partial charge in [-0.15, -0.1) is 4.40 Å². The van der Waals surface area contributed by atoms with Gasteiger partial charge in [0.2, 0.25) is 0 Å². The molecule has 0 aliphatic rings. The zero-order valence-corrected chi connectivity index (χ0v) is 18.8. The zero-order chi connectivity index (χ0) is 22.2. The molecule has 0 saturated carbocycles. The van der Waals surface area contributed by atoms with E-state index < -0.39 is 10.0 Å². The van der Waals surface area contributed by atoms with Crippen LogP contribution >= 0.6 is 11.3 Å². The van der Waals surface area contributed by atoms with Gasteiger partial charge in [-0.2, -0.15) is 8.42 Å². The van der Waals surface area contributed by atoms with Crippen LogP contribution in [0.25, 0.3) is 10.3 Å². The van der Waals surface area contributed by atoms with E-state index in [9.17, 15) is 13.2 Å². The molecule has 0 aliphatic carbocycles. The average molecular weight is 453 g/mol. The summed E-state index contributed by atoms with van der Waals surface area (Å²) in [6, 6.07) is 17.4. The lowest BCUT2D eigenvalue weighted by atomic mass is 10.1. The van der Waals surface area contributed by atoms with Crippen LogP contribution < -0.4 is 10.3 Å². The van der Waals surface area contributed by atoms with E-state index in [0.29, 0.717) is 21.5 Å². The molecular formula is C23H20N2O4S2. The first-order valence-electron chi connectivity index (χ1n) is 9.52. The highest BCUT2D eigenvalue weighted by atomic mass is 32.2. The fourth-order valence-corrected chi connectivity index (χ4v) is 4.89. The molecule has 0 amide bonds. The third-order valence-corrected chi connectivity index (χ3v) is 7.08. The van der Waals surface area contributed by atoms with Crippen LogP contribution in [0.3, 0.4) is 0 Å². The summed E-state index contributed by atoms with van der Waals surface area (Å²) in [6.07, 6.45) is 0. The highest BCUT2D eigenvalue weighted by Crippen LogP contribution is 2.30. The molecule has 4 aromatic rings. The smallest absolute Gasteiger partial charge is 0.396 e. The van der Waals surface area contributed by atoms with Crippen molar-refractivity contribution in [3.63, 3.8) is 0 Å². The predicted molar refractivity (Wildman–Crippen MR) is 125 cm³/mol. The third-order valence-electron chi connectivity index (χ3n) is 5.02. The number of nitrogens with one attached hydrogen (secondary N) is 1. The average Bonchev–Trinajstić information content (AvgIpc) is 3.12. The maximum Gasteiger partial charge on any atom is 0.396 e. The number of amidine groups is 1. The van der Waals surface area contributed by atoms with Crippen molar-refractivity contribution in [1.82, 2.24) is 0 Å². The minimum atomic E-state index is -3.95. The zero-order valence-electron chi connectivity index (χ0n) is 17.2. The second-order valence-electron chi connectivity index (χ2n) is 7.17. The number of hydrogen-bond donors (Lipinski definition) is 1. The quantitative estimate of drug-likeness (QED) is 0.347. The normalized spacial score (nSPS) is 12.3. The molecule has 3 aromatic carbocycles. The van der Waals surface area contributed by atoms with Crippen molar-refractivity contribution in [1.29, 1.82) is 0 Å². The second kappa shape index (κ2) is 8.13. The van der Waals surface area contributed by atoms with Gasteiger partial charge in [-0.25, -0.2) is 4.79 Å². The first-order valence-corrected chi connectivity index (χ1v) is 11.8. The molecule has 1 heterocycles. The van der Waals surface area contributed by atoms with Gasteiger partial charge < -0.3 is 9.73 Å². The maximum absolute atomic E-state index is 13.0. The summed E-state index contributed by atoms with van der Waals surface area (Å²) >= 11 is 1.00. The molecular weight excluding hydrogens is 432 g/mol. The minimum Gasteiger partial charge on any atom is -0.414 e. The summed E-state index contributed by atoms with van der Waals surface area (Å²) in [7, 11) is -3.95. The Labute approximate surface area is 183 Å². The first-order chi connectivity index (χ1) is 14.7. The van der Waals surface area contributed by atoms with E-state index in [1.54, 1.807) is 42.5 Å². The molecule has 0 bridgehead atoms. The van der Waals surface area contributed by atoms with Gasteiger partial charge in [0, 0.05) is 11.3 Å². The maximum atomic E-state index is 13.0. The van der Waals surface area contributed by atoms with Gasteiger partial charge in [0.1, 0.15) is 0 Å². The van der Waals surface area contributed by atoms with E-state index in [1.165, 1.54) is 0 Å². The van der Waals surface area contributed by atoms with Gasteiger partial charge >= 0.3 is 4.94 Å². The molecule has 6 nitrogen and oxygen atoms in total. The van der Waals surface area contributed by atoms with Crippen LogP contribution in [0.1, 0.15) is 22.3 Å². The van der Waals surface area contributed by atoms with Crippen molar-refractivity contribution in [3.05, 3.63) is 92.7 Å². The second-order valence-corrected chi connectivity index (χ2v) is 9.76. The van der Waals surface area contributed by atoms with E-state index in [-0.39, 0.29) is 15.7 Å². The molecule has 0 aliphatic heterocycles. The van der Waals surface area contributed by atoms with Crippen LogP contribution in [-0.4, -0.2) is 14.3 Å². The number of fused-ring (bicyclic) bond motifs is 1. The Hall–Kier alpha value is -3.23. The monoisotopic (exact) mass is 452 g/mol. The highest BCUT2D eigenvalue weighted by Gasteiger charge is 2.18. The van der Waals surface area contributed by atoms with Gasteiger partial charge in [-0.1, -0.05) is 59.4 Å². The summed E-state index contributed by atoms with van der Waals surface area (Å²) in [4.78, 5) is 11.4. The molecule has 0 fully saturated rings. The van der Waals surface area contributed by atoms with Gasteiger partial charge in [0.15, 0.2) is 11.4 Å². The number of sulfonamides is 1. The molecule has 0 radical (unpaired) electrons. The fourth-order valence-electron chi connectivity index (χ4n) is 3.14. The van der Waals surface area contributed by atoms with E-state index in [4.69, 9.17) is 4.42 Å². The van der Waals surface area contributed by atoms with Crippen LogP contribution in [0, 0.1) is 20.8 Å². The Kier molecular flexibility index (Phi) is 5.51. The Morgan fingerprint density at radius 3 is 2.32 bits per heavy atom. The number of anilines is 1. The highest BCUT2D eigenvalue weighted by molar-refractivity contribution is 7.90. The lowest BCUT2D eigenvalue weighted by Gasteiger charge is -2.14. The largest absolute Gasteiger partial charge is 0.414 e. The van der Waals surface area contributed by atoms with Crippen LogP contribution in [0.2, 0.25) is 0 Å². The molecule has 0 saturated heterocycles. The van der Waals surface area contributed by atoms with Gasteiger partial charge in [0.05, 0.1) is 9.60 Å². The molecule has 0 spiro atoms. The van der Waals surface area contributed by atoms with Crippen LogP contribution in [0.4, 0.5) is 5.69 Å². The summed E-state index contributed by atoms with van der Waals surface area (Å²) < 4.78 is 36.1. The van der Waals surface area contributed by atoms with Crippen LogP contribution in [-0.2, 0) is 10.0 Å². The molecule has 1 aromatic heterocycles. The van der Waals surface area contributed by atoms with Gasteiger partial charge in [0.25, 0.3) is 10.0 Å². The Bertz CT molecular complexity index is 1450. The Morgan fingerprint density at radius 2 is 1.65 bits per heavy atom. The number of nitrogens with zero attached hydrogens (tertiary/aromatic N) is 1. The molecule has 0 atom stereocenters. The van der Waals surface area contributed by atoms with Crippen molar-refractivity contribution < 1.29 is 12.8 Å². The topological polar surface area (TPSA) is 88.7 Å². The summed E-state index contributed by atoms with van der Waals surface area (Å²) in [5.74, 6) is 0.193. The van der Waals surface area contributed by atoms with Crippen molar-refractivity contribution in [2.24, 2.45) is 4.40 Å². The molecule has 31 heavy (non-hydrogen) atoms. The van der Waals surface area contributed by atoms with E-state index >= 15 is 0 Å². The fraction of sp³-hybridized carbons (Fsp3) is 0.130. The van der Waals surface area contributed by atoms with E-state index in [0.717, 1.165) is 28.0 Å². The molecule has 0 unspecified atom stereocenters. The van der Waals surface area contributed by atoms with Crippen LogP contribution in [0.15, 0.2) is 79.2 Å². The van der Waals surface area contributed by atoms with Crippen molar-refractivity contribution in [3.8, 4) is 0 Å². The third kappa shape index (κ3) is 4.30.